The molecule has 2 rings (SSSR count). The number of amides is 1. The van der Waals surface area contributed by atoms with E-state index in [0.29, 0.717) is 12.1 Å². The zero-order chi connectivity index (χ0) is 16.7. The first-order valence-electron chi connectivity index (χ1n) is 8.54. The van der Waals surface area contributed by atoms with Crippen molar-refractivity contribution >= 4 is 11.7 Å². The number of nitrogens with zero attached hydrogens (tertiary/aromatic N) is 4. The lowest BCUT2D eigenvalue weighted by molar-refractivity contribution is 0.0949. The Labute approximate surface area is 139 Å². The van der Waals surface area contributed by atoms with E-state index < -0.39 is 0 Å². The minimum Gasteiger partial charge on any atom is -0.353 e. The minimum atomic E-state index is -0.0285. The fraction of sp³-hybridized carbons (Fsp3) is 0.647. The quantitative estimate of drug-likeness (QED) is 0.809. The van der Waals surface area contributed by atoms with Crippen LogP contribution in [0.2, 0.25) is 0 Å². The SMILES string of the molecule is CCN(CC)CCNC(=O)c1cccnc1N1CCN(C)CC1. The van der Waals surface area contributed by atoms with Crippen LogP contribution >= 0.6 is 0 Å². The van der Waals surface area contributed by atoms with Crippen LogP contribution in [0.25, 0.3) is 0 Å². The molecule has 1 saturated heterocycles. The summed E-state index contributed by atoms with van der Waals surface area (Å²) in [4.78, 5) is 23.8. The summed E-state index contributed by atoms with van der Waals surface area (Å²) in [5.74, 6) is 0.778. The van der Waals surface area contributed by atoms with Gasteiger partial charge in [-0.05, 0) is 32.3 Å². The standard InChI is InChI=1S/C17H29N5O/c1-4-21(5-2)10-9-19-17(23)15-7-6-8-18-16(15)22-13-11-20(3)12-14-22/h6-8H,4-5,9-14H2,1-3H3,(H,19,23). The zero-order valence-corrected chi connectivity index (χ0v) is 14.6. The largest absolute Gasteiger partial charge is 0.353 e. The number of rotatable bonds is 7. The molecule has 0 atom stereocenters. The van der Waals surface area contributed by atoms with Crippen molar-refractivity contribution in [1.29, 1.82) is 0 Å². The summed E-state index contributed by atoms with van der Waals surface area (Å²) in [6, 6.07) is 3.70. The molecule has 0 aliphatic carbocycles. The second-order valence-corrected chi connectivity index (χ2v) is 5.95. The molecule has 1 fully saturated rings. The molecule has 6 nitrogen and oxygen atoms in total. The van der Waals surface area contributed by atoms with Crippen LogP contribution in [-0.2, 0) is 0 Å². The van der Waals surface area contributed by atoms with E-state index in [-0.39, 0.29) is 5.91 Å². The molecular formula is C17H29N5O. The summed E-state index contributed by atoms with van der Waals surface area (Å²) in [5.41, 5.74) is 0.677. The van der Waals surface area contributed by atoms with Gasteiger partial charge in [0.15, 0.2) is 0 Å². The number of hydrogen-bond acceptors (Lipinski definition) is 5. The average molecular weight is 319 g/mol. The molecule has 0 bridgehead atoms. The summed E-state index contributed by atoms with van der Waals surface area (Å²) < 4.78 is 0. The Bertz CT molecular complexity index is 496. The number of piperazine rings is 1. The third kappa shape index (κ3) is 4.91. The van der Waals surface area contributed by atoms with E-state index in [1.54, 1.807) is 6.20 Å². The van der Waals surface area contributed by atoms with Crippen molar-refractivity contribution in [2.45, 2.75) is 13.8 Å². The lowest BCUT2D eigenvalue weighted by atomic mass is 10.2. The van der Waals surface area contributed by atoms with Crippen molar-refractivity contribution < 1.29 is 4.79 Å². The predicted octanol–water partition coefficient (Wildman–Crippen LogP) is 0.905. The number of nitrogens with one attached hydrogen (secondary N) is 1. The average Bonchev–Trinajstić information content (AvgIpc) is 2.59. The van der Waals surface area contributed by atoms with E-state index >= 15 is 0 Å². The maximum Gasteiger partial charge on any atom is 0.255 e. The molecule has 1 N–H and O–H groups in total. The van der Waals surface area contributed by atoms with Crippen LogP contribution in [0.1, 0.15) is 24.2 Å². The van der Waals surface area contributed by atoms with Crippen molar-refractivity contribution in [3.05, 3.63) is 23.9 Å². The molecule has 2 heterocycles. The number of hydrogen-bond donors (Lipinski definition) is 1. The molecule has 0 aromatic carbocycles. The summed E-state index contributed by atoms with van der Waals surface area (Å²) in [5, 5.41) is 3.03. The maximum atomic E-state index is 12.5. The first kappa shape index (κ1) is 17.7. The van der Waals surface area contributed by atoms with E-state index in [4.69, 9.17) is 0 Å². The smallest absolute Gasteiger partial charge is 0.255 e. The Morgan fingerprint density at radius 2 is 1.96 bits per heavy atom. The Hall–Kier alpha value is -1.66. The van der Waals surface area contributed by atoms with Gasteiger partial charge in [0.25, 0.3) is 5.91 Å². The molecule has 128 valence electrons. The minimum absolute atomic E-state index is 0.0285. The van der Waals surface area contributed by atoms with E-state index in [1.807, 2.05) is 12.1 Å². The molecule has 1 aliphatic heterocycles. The second kappa shape index (κ2) is 8.84. The summed E-state index contributed by atoms with van der Waals surface area (Å²) in [7, 11) is 2.12. The van der Waals surface area contributed by atoms with Crippen molar-refractivity contribution in [3.63, 3.8) is 0 Å². The van der Waals surface area contributed by atoms with Gasteiger partial charge in [0, 0.05) is 45.5 Å². The summed E-state index contributed by atoms with van der Waals surface area (Å²) >= 11 is 0. The Morgan fingerprint density at radius 3 is 2.61 bits per heavy atom. The fourth-order valence-electron chi connectivity index (χ4n) is 2.81. The fourth-order valence-corrected chi connectivity index (χ4v) is 2.81. The van der Waals surface area contributed by atoms with Crippen molar-refractivity contribution in [2.75, 3.05) is 64.3 Å². The molecule has 0 saturated carbocycles. The molecule has 6 heteroatoms. The van der Waals surface area contributed by atoms with Crippen LogP contribution in [0, 0.1) is 0 Å². The predicted molar refractivity (Wildman–Crippen MR) is 94.1 cm³/mol. The molecular weight excluding hydrogens is 290 g/mol. The summed E-state index contributed by atoms with van der Waals surface area (Å²) in [6.07, 6.45) is 1.76. The third-order valence-corrected chi connectivity index (χ3v) is 4.44. The number of anilines is 1. The monoisotopic (exact) mass is 319 g/mol. The van der Waals surface area contributed by atoms with Crippen LogP contribution in [0.15, 0.2) is 18.3 Å². The maximum absolute atomic E-state index is 12.5. The van der Waals surface area contributed by atoms with Gasteiger partial charge in [0.1, 0.15) is 5.82 Å². The van der Waals surface area contributed by atoms with Gasteiger partial charge in [-0.1, -0.05) is 13.8 Å². The molecule has 0 spiro atoms. The molecule has 23 heavy (non-hydrogen) atoms. The van der Waals surface area contributed by atoms with Gasteiger partial charge in [-0.3, -0.25) is 4.79 Å². The molecule has 1 amide bonds. The zero-order valence-electron chi connectivity index (χ0n) is 14.6. The molecule has 0 radical (unpaired) electrons. The van der Waals surface area contributed by atoms with Crippen LogP contribution in [0.4, 0.5) is 5.82 Å². The highest BCUT2D eigenvalue weighted by molar-refractivity contribution is 5.98. The summed E-state index contributed by atoms with van der Waals surface area (Å²) in [6.45, 7) is 11.6. The van der Waals surface area contributed by atoms with E-state index in [2.05, 4.69) is 45.9 Å². The Morgan fingerprint density at radius 1 is 1.26 bits per heavy atom. The molecule has 1 aromatic rings. The normalized spacial score (nSPS) is 15.9. The Kier molecular flexibility index (Phi) is 6.80. The van der Waals surface area contributed by atoms with Crippen molar-refractivity contribution in [1.82, 2.24) is 20.1 Å². The van der Waals surface area contributed by atoms with Crippen LogP contribution in [0.5, 0.6) is 0 Å². The number of pyridine rings is 1. The van der Waals surface area contributed by atoms with Crippen molar-refractivity contribution in [3.8, 4) is 0 Å². The van der Waals surface area contributed by atoms with Crippen LogP contribution in [-0.4, -0.2) is 80.1 Å². The van der Waals surface area contributed by atoms with Gasteiger partial charge in [0.05, 0.1) is 5.56 Å². The first-order chi connectivity index (χ1) is 11.2. The Balaban J connectivity index is 1.97. The lowest BCUT2D eigenvalue weighted by Crippen LogP contribution is -2.45. The second-order valence-electron chi connectivity index (χ2n) is 5.95. The van der Waals surface area contributed by atoms with Gasteiger partial charge in [-0.2, -0.15) is 0 Å². The van der Waals surface area contributed by atoms with Gasteiger partial charge in [0.2, 0.25) is 0 Å². The third-order valence-electron chi connectivity index (χ3n) is 4.44. The number of likely N-dealkylation sites (N-methyl/N-ethyl adjacent to an activating group) is 2. The van der Waals surface area contributed by atoms with E-state index in [0.717, 1.165) is 51.6 Å². The van der Waals surface area contributed by atoms with E-state index in [1.165, 1.54) is 0 Å². The van der Waals surface area contributed by atoms with Gasteiger partial charge < -0.3 is 20.0 Å². The van der Waals surface area contributed by atoms with Gasteiger partial charge in [-0.25, -0.2) is 4.98 Å². The van der Waals surface area contributed by atoms with Crippen LogP contribution in [0.3, 0.4) is 0 Å². The number of aromatic nitrogens is 1. The molecule has 0 unspecified atom stereocenters. The topological polar surface area (TPSA) is 51.7 Å². The van der Waals surface area contributed by atoms with Gasteiger partial charge >= 0.3 is 0 Å². The lowest BCUT2D eigenvalue weighted by Gasteiger charge is -2.34. The molecule has 1 aromatic heterocycles. The van der Waals surface area contributed by atoms with Gasteiger partial charge in [-0.15, -0.1) is 0 Å². The van der Waals surface area contributed by atoms with Crippen molar-refractivity contribution in [2.24, 2.45) is 0 Å². The first-order valence-corrected chi connectivity index (χ1v) is 8.54. The number of carbonyl (C=O) groups excluding carboxylic acids is 1. The highest BCUT2D eigenvalue weighted by atomic mass is 16.1. The van der Waals surface area contributed by atoms with Crippen LogP contribution < -0.4 is 10.2 Å². The highest BCUT2D eigenvalue weighted by Crippen LogP contribution is 2.18. The van der Waals surface area contributed by atoms with E-state index in [9.17, 15) is 4.79 Å². The molecule has 1 aliphatic rings. The number of carbonyl (C=O) groups is 1. The highest BCUT2D eigenvalue weighted by Gasteiger charge is 2.20.